The van der Waals surface area contributed by atoms with Crippen molar-refractivity contribution < 1.29 is 28.5 Å². The predicted octanol–water partition coefficient (Wildman–Crippen LogP) is 7.29. The fraction of sp³-hybridized carbons (Fsp3) is 0.385. The van der Waals surface area contributed by atoms with Crippen LogP contribution in [-0.4, -0.2) is 67.8 Å². The second-order valence-electron chi connectivity index (χ2n) is 12.7. The van der Waals surface area contributed by atoms with Gasteiger partial charge in [-0.1, -0.05) is 84.9 Å². The summed E-state index contributed by atoms with van der Waals surface area (Å²) in [5.41, 5.74) is 4.93. The molecule has 0 aliphatic heterocycles. The van der Waals surface area contributed by atoms with Gasteiger partial charge in [0.2, 0.25) is 5.91 Å². The highest BCUT2D eigenvalue weighted by Crippen LogP contribution is 2.44. The highest BCUT2D eigenvalue weighted by molar-refractivity contribution is 5.87. The van der Waals surface area contributed by atoms with Crippen LogP contribution in [0.5, 0.6) is 0 Å². The molecule has 1 N–H and O–H groups in total. The molecule has 1 atom stereocenters. The summed E-state index contributed by atoms with van der Waals surface area (Å²) < 4.78 is 23.6. The molecule has 0 heterocycles. The molecule has 0 saturated carbocycles. The van der Waals surface area contributed by atoms with Crippen LogP contribution < -0.4 is 5.32 Å². The number of ether oxygens (including phenoxy) is 4. The number of benzene rings is 4. The van der Waals surface area contributed by atoms with Gasteiger partial charge in [0.05, 0.1) is 18.8 Å². The standard InChI is InChI=1S/C39H46N2O6/c1-6-44-36(45-7-2)24-41(23-27-20-21-28-14-8-9-15-29(28)22-27)37(42)35(26-47-39(3,4)5)40-38(43)46-25-34-32-18-12-10-16-30(32)31-17-11-13-19-33(31)34/h8-22,34-36H,6-7,23-26H2,1-5H3,(H,40,43)/t35-/m0/s1. The maximum Gasteiger partial charge on any atom is 0.407 e. The summed E-state index contributed by atoms with van der Waals surface area (Å²) in [4.78, 5) is 29.4. The molecule has 4 aromatic rings. The molecule has 0 unspecified atom stereocenters. The van der Waals surface area contributed by atoms with Gasteiger partial charge in [-0.3, -0.25) is 4.79 Å². The lowest BCUT2D eigenvalue weighted by atomic mass is 9.98. The molecule has 0 spiro atoms. The van der Waals surface area contributed by atoms with Gasteiger partial charge in [0.25, 0.3) is 0 Å². The summed E-state index contributed by atoms with van der Waals surface area (Å²) in [5.74, 6) is -0.420. The monoisotopic (exact) mass is 638 g/mol. The van der Waals surface area contributed by atoms with Gasteiger partial charge in [0.15, 0.2) is 6.29 Å². The van der Waals surface area contributed by atoms with Crippen molar-refractivity contribution in [2.75, 3.05) is 33.0 Å². The number of carbonyl (C=O) groups excluding carboxylic acids is 2. The number of alkyl carbamates (subject to hydrolysis) is 1. The molecule has 0 radical (unpaired) electrons. The van der Waals surface area contributed by atoms with E-state index in [-0.39, 0.29) is 31.6 Å². The first-order valence-corrected chi connectivity index (χ1v) is 16.4. The summed E-state index contributed by atoms with van der Waals surface area (Å²) in [6.07, 6.45) is -1.31. The Kier molecular flexibility index (Phi) is 11.3. The topological polar surface area (TPSA) is 86.3 Å². The number of hydrogen-bond donors (Lipinski definition) is 1. The van der Waals surface area contributed by atoms with Crippen molar-refractivity contribution >= 4 is 22.8 Å². The molecule has 5 rings (SSSR count). The first-order valence-electron chi connectivity index (χ1n) is 16.4. The van der Waals surface area contributed by atoms with Crippen LogP contribution >= 0.6 is 0 Å². The van der Waals surface area contributed by atoms with E-state index in [0.717, 1.165) is 38.6 Å². The molecule has 0 bridgehead atoms. The lowest BCUT2D eigenvalue weighted by Crippen LogP contribution is -2.53. The summed E-state index contributed by atoms with van der Waals surface area (Å²) in [5, 5.41) is 5.03. The van der Waals surface area contributed by atoms with E-state index in [1.165, 1.54) is 0 Å². The van der Waals surface area contributed by atoms with Crippen LogP contribution in [0.15, 0.2) is 91.0 Å². The summed E-state index contributed by atoms with van der Waals surface area (Å²) >= 11 is 0. The minimum Gasteiger partial charge on any atom is -0.449 e. The molecule has 1 aliphatic carbocycles. The van der Waals surface area contributed by atoms with E-state index in [0.29, 0.717) is 19.8 Å². The lowest BCUT2D eigenvalue weighted by molar-refractivity contribution is -0.162. The molecule has 47 heavy (non-hydrogen) atoms. The van der Waals surface area contributed by atoms with Crippen molar-refractivity contribution in [3.8, 4) is 11.1 Å². The van der Waals surface area contributed by atoms with Gasteiger partial charge in [-0.25, -0.2) is 4.79 Å². The normalized spacial score (nSPS) is 13.3. The van der Waals surface area contributed by atoms with Crippen molar-refractivity contribution in [2.24, 2.45) is 0 Å². The van der Waals surface area contributed by atoms with Crippen LogP contribution in [0.3, 0.4) is 0 Å². The molecule has 0 saturated heterocycles. The zero-order chi connectivity index (χ0) is 33.4. The third-order valence-electron chi connectivity index (χ3n) is 8.19. The zero-order valence-electron chi connectivity index (χ0n) is 28.0. The fourth-order valence-corrected chi connectivity index (χ4v) is 6.01. The Balaban J connectivity index is 1.36. The van der Waals surface area contributed by atoms with E-state index < -0.39 is 24.0 Å². The van der Waals surface area contributed by atoms with Crippen LogP contribution in [-0.2, 0) is 30.3 Å². The number of nitrogens with zero attached hydrogens (tertiary/aromatic N) is 1. The second-order valence-corrected chi connectivity index (χ2v) is 12.7. The summed E-state index contributed by atoms with van der Waals surface area (Å²) in [6, 6.07) is 29.6. The maximum absolute atomic E-state index is 14.4. The van der Waals surface area contributed by atoms with Gasteiger partial charge >= 0.3 is 6.09 Å². The average molecular weight is 639 g/mol. The first kappa shape index (κ1) is 34.1. The molecule has 8 nitrogen and oxygen atoms in total. The Labute approximate surface area is 278 Å². The van der Waals surface area contributed by atoms with Gasteiger partial charge < -0.3 is 29.2 Å². The van der Waals surface area contributed by atoms with Crippen LogP contribution in [0, 0.1) is 0 Å². The van der Waals surface area contributed by atoms with Crippen molar-refractivity contribution in [2.45, 2.75) is 65.0 Å². The van der Waals surface area contributed by atoms with Crippen LogP contribution in [0.25, 0.3) is 21.9 Å². The third-order valence-corrected chi connectivity index (χ3v) is 8.19. The molecule has 0 aromatic heterocycles. The largest absolute Gasteiger partial charge is 0.449 e. The second kappa shape index (κ2) is 15.6. The number of carbonyl (C=O) groups is 2. The highest BCUT2D eigenvalue weighted by atomic mass is 16.7. The number of fused-ring (bicyclic) bond motifs is 4. The lowest BCUT2D eigenvalue weighted by Gasteiger charge is -2.32. The average Bonchev–Trinajstić information content (AvgIpc) is 3.38. The van der Waals surface area contributed by atoms with Crippen LogP contribution in [0.2, 0.25) is 0 Å². The van der Waals surface area contributed by atoms with E-state index >= 15 is 0 Å². The molecule has 1 aliphatic rings. The first-order chi connectivity index (χ1) is 22.7. The number of nitrogens with one attached hydrogen (secondary N) is 1. The van der Waals surface area contributed by atoms with Crippen molar-refractivity contribution in [3.05, 3.63) is 108 Å². The molecule has 2 amide bonds. The maximum atomic E-state index is 14.4. The predicted molar refractivity (Wildman–Crippen MR) is 184 cm³/mol. The highest BCUT2D eigenvalue weighted by Gasteiger charge is 2.32. The van der Waals surface area contributed by atoms with Crippen LogP contribution in [0.1, 0.15) is 57.2 Å². The molecular formula is C39H46N2O6. The third kappa shape index (κ3) is 8.77. The van der Waals surface area contributed by atoms with E-state index in [4.69, 9.17) is 18.9 Å². The Hall–Kier alpha value is -4.24. The number of rotatable bonds is 14. The van der Waals surface area contributed by atoms with E-state index in [2.05, 4.69) is 41.7 Å². The molecule has 8 heteroatoms. The molecular weight excluding hydrogens is 592 g/mol. The Morgan fingerprint density at radius 1 is 0.809 bits per heavy atom. The summed E-state index contributed by atoms with van der Waals surface area (Å²) in [6.45, 7) is 10.9. The number of amides is 2. The molecule has 4 aromatic carbocycles. The van der Waals surface area contributed by atoms with E-state index in [1.807, 2.05) is 89.2 Å². The van der Waals surface area contributed by atoms with Crippen molar-refractivity contribution in [3.63, 3.8) is 0 Å². The molecule has 0 fully saturated rings. The Morgan fingerprint density at radius 3 is 2.02 bits per heavy atom. The summed E-state index contributed by atoms with van der Waals surface area (Å²) in [7, 11) is 0. The molecule has 248 valence electrons. The van der Waals surface area contributed by atoms with Gasteiger partial charge in [-0.15, -0.1) is 0 Å². The minimum absolute atomic E-state index is 0.0331. The fourth-order valence-electron chi connectivity index (χ4n) is 6.01. The number of hydrogen-bond acceptors (Lipinski definition) is 6. The van der Waals surface area contributed by atoms with Gasteiger partial charge in [0, 0.05) is 25.7 Å². The quantitative estimate of drug-likeness (QED) is 0.146. The van der Waals surface area contributed by atoms with Gasteiger partial charge in [-0.2, -0.15) is 0 Å². The van der Waals surface area contributed by atoms with Crippen molar-refractivity contribution in [1.82, 2.24) is 10.2 Å². The van der Waals surface area contributed by atoms with Crippen LogP contribution in [0.4, 0.5) is 4.79 Å². The SMILES string of the molecule is CCOC(CN(Cc1ccc2ccccc2c1)C(=O)[C@H](COC(C)(C)C)NC(=O)OCC1c2ccccc2-c2ccccc21)OCC. The van der Waals surface area contributed by atoms with E-state index in [1.54, 1.807) is 4.90 Å². The Morgan fingerprint density at radius 2 is 1.40 bits per heavy atom. The van der Waals surface area contributed by atoms with Crippen molar-refractivity contribution in [1.29, 1.82) is 0 Å². The Bertz CT molecular complexity index is 1610. The minimum atomic E-state index is -1.01. The van der Waals surface area contributed by atoms with Gasteiger partial charge in [0.1, 0.15) is 12.6 Å². The zero-order valence-corrected chi connectivity index (χ0v) is 28.0. The van der Waals surface area contributed by atoms with E-state index in [9.17, 15) is 9.59 Å². The van der Waals surface area contributed by atoms with Gasteiger partial charge in [-0.05, 0) is 79.3 Å². The smallest absolute Gasteiger partial charge is 0.407 e.